The summed E-state index contributed by atoms with van der Waals surface area (Å²) in [6, 6.07) is 6.58. The summed E-state index contributed by atoms with van der Waals surface area (Å²) in [5.41, 5.74) is 2.66. The van der Waals surface area contributed by atoms with Gasteiger partial charge in [-0.15, -0.1) is 0 Å². The van der Waals surface area contributed by atoms with Crippen molar-refractivity contribution >= 4 is 26.9 Å². The number of hydrogen-bond acceptors (Lipinski definition) is 1. The maximum Gasteiger partial charge on any atom is 0.0975 e. The summed E-state index contributed by atoms with van der Waals surface area (Å²) >= 11 is 3.49. The number of aryl methyl sites for hydroxylation is 1. The van der Waals surface area contributed by atoms with Crippen molar-refractivity contribution in [2.45, 2.75) is 44.4 Å². The van der Waals surface area contributed by atoms with E-state index >= 15 is 0 Å². The Morgan fingerprint density at radius 2 is 2.12 bits per heavy atom. The highest BCUT2D eigenvalue weighted by atomic mass is 79.9. The highest BCUT2D eigenvalue weighted by molar-refractivity contribution is 9.10. The van der Waals surface area contributed by atoms with Crippen molar-refractivity contribution in [1.29, 1.82) is 0 Å². The molecule has 0 fully saturated rings. The largest absolute Gasteiger partial charge is 0.242 e. The van der Waals surface area contributed by atoms with Gasteiger partial charge in [-0.2, -0.15) is 0 Å². The van der Waals surface area contributed by atoms with Crippen LogP contribution in [0.15, 0.2) is 22.7 Å². The second kappa shape index (κ2) is 4.82. The van der Waals surface area contributed by atoms with Gasteiger partial charge in [0.2, 0.25) is 0 Å². The van der Waals surface area contributed by atoms with Crippen LogP contribution in [0.1, 0.15) is 44.4 Å². The van der Waals surface area contributed by atoms with Crippen molar-refractivity contribution in [3.05, 3.63) is 33.8 Å². The van der Waals surface area contributed by atoms with Crippen molar-refractivity contribution in [2.24, 2.45) is 0 Å². The van der Waals surface area contributed by atoms with Crippen molar-refractivity contribution in [3.63, 3.8) is 0 Å². The van der Waals surface area contributed by atoms with Gasteiger partial charge in [-0.3, -0.25) is 0 Å². The topological polar surface area (TPSA) is 29.1 Å². The number of rotatable bonds is 2. The van der Waals surface area contributed by atoms with E-state index in [4.69, 9.17) is 0 Å². The van der Waals surface area contributed by atoms with Gasteiger partial charge >= 0.3 is 0 Å². The van der Waals surface area contributed by atoms with E-state index in [1.165, 1.54) is 11.1 Å². The lowest BCUT2D eigenvalue weighted by Crippen LogP contribution is -2.35. The van der Waals surface area contributed by atoms with E-state index in [1.807, 2.05) is 20.8 Å². The van der Waals surface area contributed by atoms with Gasteiger partial charge in [0.1, 0.15) is 0 Å². The smallest absolute Gasteiger partial charge is 0.0975 e. The number of fused-ring (bicyclic) bond motifs is 1. The second-order valence-corrected chi connectivity index (χ2v) is 8.35. The third-order valence-electron chi connectivity index (χ3n) is 2.99. The average molecular weight is 316 g/mol. The van der Waals surface area contributed by atoms with E-state index < -0.39 is 11.0 Å². The van der Waals surface area contributed by atoms with Crippen LogP contribution in [-0.4, -0.2) is 8.96 Å². The Morgan fingerprint density at radius 3 is 2.76 bits per heavy atom. The van der Waals surface area contributed by atoms with Crippen LogP contribution in [0.4, 0.5) is 0 Å². The van der Waals surface area contributed by atoms with Crippen LogP contribution < -0.4 is 4.72 Å². The molecular formula is C13H18BrNOS. The lowest BCUT2D eigenvalue weighted by molar-refractivity contribution is 0.596. The highest BCUT2D eigenvalue weighted by Crippen LogP contribution is 2.33. The average Bonchev–Trinajstić information content (AvgIpc) is 2.59. The summed E-state index contributed by atoms with van der Waals surface area (Å²) in [6.45, 7) is 5.98. The van der Waals surface area contributed by atoms with Gasteiger partial charge in [0.15, 0.2) is 0 Å². The Hall–Kier alpha value is -0.190. The van der Waals surface area contributed by atoms with Crippen LogP contribution in [0.3, 0.4) is 0 Å². The van der Waals surface area contributed by atoms with Crippen molar-refractivity contribution < 1.29 is 4.21 Å². The van der Waals surface area contributed by atoms with Crippen molar-refractivity contribution in [2.75, 3.05) is 0 Å². The summed E-state index contributed by atoms with van der Waals surface area (Å²) in [5, 5.41) is 0. The van der Waals surface area contributed by atoms with E-state index in [0.717, 1.165) is 17.3 Å². The molecule has 4 heteroatoms. The van der Waals surface area contributed by atoms with E-state index in [9.17, 15) is 4.21 Å². The molecule has 0 aliphatic heterocycles. The van der Waals surface area contributed by atoms with Gasteiger partial charge in [-0.1, -0.05) is 22.0 Å². The lowest BCUT2D eigenvalue weighted by Gasteiger charge is -2.22. The molecule has 1 aliphatic rings. The molecule has 0 aromatic heterocycles. The zero-order chi connectivity index (χ0) is 12.6. The van der Waals surface area contributed by atoms with Crippen LogP contribution in [0.2, 0.25) is 0 Å². The minimum Gasteiger partial charge on any atom is -0.242 e. The standard InChI is InChI=1S/C13H18BrNOS/c1-13(2,3)17(16)15-12-7-4-9-8-10(14)5-6-11(9)12/h5-6,8,12,15H,4,7H2,1-3H3. The molecule has 1 aliphatic carbocycles. The maximum absolute atomic E-state index is 12.1. The van der Waals surface area contributed by atoms with Crippen molar-refractivity contribution in [3.8, 4) is 0 Å². The first-order chi connectivity index (χ1) is 7.88. The maximum atomic E-state index is 12.1. The fourth-order valence-electron chi connectivity index (χ4n) is 2.01. The summed E-state index contributed by atoms with van der Waals surface area (Å²) in [7, 11) is -1.00. The van der Waals surface area contributed by atoms with Crippen LogP contribution in [0.5, 0.6) is 0 Å². The molecule has 17 heavy (non-hydrogen) atoms. The lowest BCUT2D eigenvalue weighted by atomic mass is 10.1. The Kier molecular flexibility index (Phi) is 3.76. The fourth-order valence-corrected chi connectivity index (χ4v) is 3.28. The summed E-state index contributed by atoms with van der Waals surface area (Å²) < 4.78 is 16.2. The van der Waals surface area contributed by atoms with E-state index in [2.05, 4.69) is 38.9 Å². The molecule has 1 N–H and O–H groups in total. The first kappa shape index (κ1) is 13.2. The number of halogens is 1. The van der Waals surface area contributed by atoms with Crippen LogP contribution in [-0.2, 0) is 17.4 Å². The molecule has 1 aromatic carbocycles. The van der Waals surface area contributed by atoms with E-state index in [0.29, 0.717) is 0 Å². The molecule has 0 bridgehead atoms. The molecule has 2 unspecified atom stereocenters. The molecule has 0 spiro atoms. The molecule has 94 valence electrons. The first-order valence-electron chi connectivity index (χ1n) is 5.84. The van der Waals surface area contributed by atoms with Gasteiger partial charge in [0.25, 0.3) is 0 Å². The van der Waals surface area contributed by atoms with Crippen LogP contribution >= 0.6 is 15.9 Å². The van der Waals surface area contributed by atoms with Crippen LogP contribution in [0, 0.1) is 0 Å². The highest BCUT2D eigenvalue weighted by Gasteiger charge is 2.27. The SMILES string of the molecule is CC(C)(C)S(=O)NC1CCc2cc(Br)ccc21. The number of nitrogens with one attached hydrogen (secondary N) is 1. The van der Waals surface area contributed by atoms with Gasteiger partial charge in [0, 0.05) is 10.5 Å². The minimum absolute atomic E-state index is 0.210. The first-order valence-corrected chi connectivity index (χ1v) is 7.78. The van der Waals surface area contributed by atoms with Crippen LogP contribution in [0.25, 0.3) is 0 Å². The molecule has 0 radical (unpaired) electrons. The molecule has 2 atom stereocenters. The van der Waals surface area contributed by atoms with E-state index in [1.54, 1.807) is 0 Å². The summed E-state index contributed by atoms with van der Waals surface area (Å²) in [4.78, 5) is 0. The quantitative estimate of drug-likeness (QED) is 0.889. The molecule has 0 saturated heterocycles. The monoisotopic (exact) mass is 315 g/mol. The fraction of sp³-hybridized carbons (Fsp3) is 0.538. The summed E-state index contributed by atoms with van der Waals surface area (Å²) in [5.74, 6) is 0. The zero-order valence-corrected chi connectivity index (χ0v) is 12.8. The Bertz CT molecular complexity index is 453. The predicted molar refractivity (Wildman–Crippen MR) is 76.2 cm³/mol. The molecule has 1 aromatic rings. The number of benzene rings is 1. The van der Waals surface area contributed by atoms with E-state index in [-0.39, 0.29) is 10.8 Å². The normalized spacial score (nSPS) is 21.3. The number of hydrogen-bond donors (Lipinski definition) is 1. The zero-order valence-electron chi connectivity index (χ0n) is 10.4. The van der Waals surface area contributed by atoms with Gasteiger partial charge in [-0.05, 0) is 56.9 Å². The van der Waals surface area contributed by atoms with Gasteiger partial charge in [-0.25, -0.2) is 8.93 Å². The van der Waals surface area contributed by atoms with Gasteiger partial charge < -0.3 is 0 Å². The molecule has 0 amide bonds. The Balaban J connectivity index is 2.15. The molecule has 2 rings (SSSR count). The minimum atomic E-state index is -1.00. The Morgan fingerprint density at radius 1 is 1.41 bits per heavy atom. The molecule has 0 saturated carbocycles. The molecular weight excluding hydrogens is 298 g/mol. The second-order valence-electron chi connectivity index (χ2n) is 5.43. The Labute approximate surface area is 114 Å². The third kappa shape index (κ3) is 2.98. The molecule has 2 nitrogen and oxygen atoms in total. The third-order valence-corrected chi connectivity index (χ3v) is 5.09. The summed E-state index contributed by atoms with van der Waals surface area (Å²) in [6.07, 6.45) is 2.10. The molecule has 0 heterocycles. The van der Waals surface area contributed by atoms with Gasteiger partial charge in [0.05, 0.1) is 15.7 Å². The van der Waals surface area contributed by atoms with Crippen molar-refractivity contribution in [1.82, 2.24) is 4.72 Å². The predicted octanol–water partition coefficient (Wildman–Crippen LogP) is 3.49.